The Morgan fingerprint density at radius 2 is 2.04 bits per heavy atom. The van der Waals surface area contributed by atoms with Crippen LogP contribution >= 0.6 is 0 Å². The average molecular weight is 327 g/mol. The summed E-state index contributed by atoms with van der Waals surface area (Å²) in [7, 11) is 0. The van der Waals surface area contributed by atoms with Crippen molar-refractivity contribution in [2.45, 2.75) is 32.7 Å². The highest BCUT2D eigenvalue weighted by Crippen LogP contribution is 2.32. The number of amides is 1. The van der Waals surface area contributed by atoms with E-state index >= 15 is 0 Å². The smallest absolute Gasteiger partial charge is 0.287 e. The molecule has 1 aromatic heterocycles. The van der Waals surface area contributed by atoms with Crippen molar-refractivity contribution < 1.29 is 23.5 Å². The van der Waals surface area contributed by atoms with Crippen molar-refractivity contribution in [3.63, 3.8) is 0 Å². The van der Waals surface area contributed by atoms with Gasteiger partial charge in [0.2, 0.25) is 6.79 Å². The molecule has 1 aliphatic carbocycles. The lowest BCUT2D eigenvalue weighted by atomic mass is 9.94. The molecular formula is C18H17NO5. The van der Waals surface area contributed by atoms with Crippen LogP contribution in [0.5, 0.6) is 11.5 Å². The first kappa shape index (κ1) is 14.8. The first-order valence-corrected chi connectivity index (χ1v) is 7.95. The number of aryl methyl sites for hydroxylation is 1. The van der Waals surface area contributed by atoms with E-state index < -0.39 is 0 Å². The number of furan rings is 1. The van der Waals surface area contributed by atoms with Crippen LogP contribution in [0.25, 0.3) is 0 Å². The van der Waals surface area contributed by atoms with Crippen molar-refractivity contribution >= 4 is 11.7 Å². The van der Waals surface area contributed by atoms with Crippen molar-refractivity contribution in [2.24, 2.45) is 0 Å². The van der Waals surface area contributed by atoms with E-state index in [-0.39, 0.29) is 24.2 Å². The SMILES string of the molecule is Cc1c(C(=O)NCc2ccc3c(c2)OCO3)oc2c1C(=O)CCC2. The highest BCUT2D eigenvalue weighted by Gasteiger charge is 2.28. The average Bonchev–Trinajstić information content (AvgIpc) is 3.17. The minimum Gasteiger partial charge on any atom is -0.455 e. The molecule has 1 amide bonds. The lowest BCUT2D eigenvalue weighted by molar-refractivity contribution is 0.0917. The molecule has 2 aliphatic rings. The molecule has 2 heterocycles. The molecule has 0 radical (unpaired) electrons. The number of carbonyl (C=O) groups excluding carboxylic acids is 2. The first-order valence-electron chi connectivity index (χ1n) is 7.95. The molecule has 1 aromatic carbocycles. The summed E-state index contributed by atoms with van der Waals surface area (Å²) < 4.78 is 16.2. The van der Waals surface area contributed by atoms with Crippen molar-refractivity contribution in [1.29, 1.82) is 0 Å². The molecule has 0 spiro atoms. The van der Waals surface area contributed by atoms with Crippen molar-refractivity contribution in [2.75, 3.05) is 6.79 Å². The van der Waals surface area contributed by atoms with E-state index in [0.717, 1.165) is 12.0 Å². The van der Waals surface area contributed by atoms with E-state index in [1.165, 1.54) is 0 Å². The van der Waals surface area contributed by atoms with Gasteiger partial charge in [-0.1, -0.05) is 6.07 Å². The number of rotatable bonds is 3. The maximum Gasteiger partial charge on any atom is 0.287 e. The Hall–Kier alpha value is -2.76. The summed E-state index contributed by atoms with van der Waals surface area (Å²) >= 11 is 0. The fourth-order valence-corrected chi connectivity index (χ4v) is 3.18. The third-order valence-electron chi connectivity index (χ3n) is 4.40. The zero-order valence-corrected chi connectivity index (χ0v) is 13.3. The van der Waals surface area contributed by atoms with Crippen LogP contribution in [0.3, 0.4) is 0 Å². The molecule has 6 heteroatoms. The Morgan fingerprint density at radius 3 is 2.88 bits per heavy atom. The highest BCUT2D eigenvalue weighted by atomic mass is 16.7. The highest BCUT2D eigenvalue weighted by molar-refractivity contribution is 6.03. The number of hydrogen-bond acceptors (Lipinski definition) is 5. The van der Waals surface area contributed by atoms with Gasteiger partial charge in [-0.25, -0.2) is 0 Å². The Morgan fingerprint density at radius 1 is 1.21 bits per heavy atom. The van der Waals surface area contributed by atoms with Gasteiger partial charge in [0.1, 0.15) is 5.76 Å². The molecule has 1 N–H and O–H groups in total. The molecule has 0 atom stereocenters. The molecule has 124 valence electrons. The third kappa shape index (κ3) is 2.44. The number of nitrogens with one attached hydrogen (secondary N) is 1. The van der Waals surface area contributed by atoms with Gasteiger partial charge in [-0.3, -0.25) is 9.59 Å². The van der Waals surface area contributed by atoms with Gasteiger partial charge >= 0.3 is 0 Å². The second-order valence-electron chi connectivity index (χ2n) is 6.00. The molecule has 0 saturated heterocycles. The van der Waals surface area contributed by atoms with E-state index in [9.17, 15) is 9.59 Å². The normalized spacial score (nSPS) is 15.3. The quantitative estimate of drug-likeness (QED) is 0.938. The molecule has 1 aliphatic heterocycles. The van der Waals surface area contributed by atoms with Gasteiger partial charge in [-0.15, -0.1) is 0 Å². The summed E-state index contributed by atoms with van der Waals surface area (Å²) in [5.41, 5.74) is 2.13. The summed E-state index contributed by atoms with van der Waals surface area (Å²) in [6.45, 7) is 2.32. The second kappa shape index (κ2) is 5.70. The van der Waals surface area contributed by atoms with Gasteiger partial charge < -0.3 is 19.2 Å². The van der Waals surface area contributed by atoms with Gasteiger partial charge in [0.25, 0.3) is 5.91 Å². The van der Waals surface area contributed by atoms with E-state index in [2.05, 4.69) is 5.32 Å². The number of benzene rings is 1. The molecular weight excluding hydrogens is 310 g/mol. The molecule has 6 nitrogen and oxygen atoms in total. The maximum atomic E-state index is 12.4. The largest absolute Gasteiger partial charge is 0.455 e. The molecule has 0 unspecified atom stereocenters. The zero-order valence-electron chi connectivity index (χ0n) is 13.3. The van der Waals surface area contributed by atoms with E-state index in [1.54, 1.807) is 6.92 Å². The monoisotopic (exact) mass is 327 g/mol. The van der Waals surface area contributed by atoms with Gasteiger partial charge in [-0.2, -0.15) is 0 Å². The molecule has 2 aromatic rings. The van der Waals surface area contributed by atoms with Crippen LogP contribution in [0.15, 0.2) is 22.6 Å². The van der Waals surface area contributed by atoms with Crippen LogP contribution in [-0.2, 0) is 13.0 Å². The molecule has 0 bridgehead atoms. The van der Waals surface area contributed by atoms with Crippen molar-refractivity contribution in [1.82, 2.24) is 5.32 Å². The van der Waals surface area contributed by atoms with E-state index in [1.807, 2.05) is 18.2 Å². The number of ketones is 1. The topological polar surface area (TPSA) is 77.8 Å². The van der Waals surface area contributed by atoms with Gasteiger partial charge in [-0.05, 0) is 31.0 Å². The minimum atomic E-state index is -0.313. The second-order valence-corrected chi connectivity index (χ2v) is 6.00. The Bertz CT molecular complexity index is 836. The van der Waals surface area contributed by atoms with Crippen molar-refractivity contribution in [3.8, 4) is 11.5 Å². The maximum absolute atomic E-state index is 12.4. The van der Waals surface area contributed by atoms with Gasteiger partial charge in [0, 0.05) is 24.9 Å². The number of hydrogen-bond donors (Lipinski definition) is 1. The Kier molecular flexibility index (Phi) is 3.52. The van der Waals surface area contributed by atoms with Gasteiger partial charge in [0.05, 0.1) is 5.56 Å². The van der Waals surface area contributed by atoms with Crippen LogP contribution in [0, 0.1) is 6.92 Å². The Balaban J connectivity index is 1.50. The number of ether oxygens (including phenoxy) is 2. The van der Waals surface area contributed by atoms with Gasteiger partial charge in [0.15, 0.2) is 23.0 Å². The summed E-state index contributed by atoms with van der Waals surface area (Å²) in [6, 6.07) is 5.53. The predicted molar refractivity (Wildman–Crippen MR) is 84.4 cm³/mol. The standard InChI is InChI=1S/C18H17NO5/c1-10-16-12(20)3-2-4-14(16)24-17(10)18(21)19-8-11-5-6-13-15(7-11)23-9-22-13/h5-7H,2-4,8-9H2,1H3,(H,19,21). The van der Waals surface area contributed by atoms with Crippen LogP contribution in [0.1, 0.15) is 50.6 Å². The fraction of sp³-hybridized carbons (Fsp3) is 0.333. The summed E-state index contributed by atoms with van der Waals surface area (Å²) in [5.74, 6) is 2.00. The minimum absolute atomic E-state index is 0.0623. The van der Waals surface area contributed by atoms with E-state index in [4.69, 9.17) is 13.9 Å². The van der Waals surface area contributed by atoms with Crippen molar-refractivity contribution in [3.05, 3.63) is 46.4 Å². The first-order chi connectivity index (χ1) is 11.6. The lowest BCUT2D eigenvalue weighted by Crippen LogP contribution is -2.23. The van der Waals surface area contributed by atoms with Crippen LogP contribution in [-0.4, -0.2) is 18.5 Å². The van der Waals surface area contributed by atoms with E-state index in [0.29, 0.717) is 47.8 Å². The summed E-state index contributed by atoms with van der Waals surface area (Å²) in [5, 5.41) is 2.83. The summed E-state index contributed by atoms with van der Waals surface area (Å²) in [6.07, 6.45) is 2.00. The Labute approximate surface area is 138 Å². The number of fused-ring (bicyclic) bond motifs is 2. The predicted octanol–water partition coefficient (Wildman–Crippen LogP) is 2.77. The lowest BCUT2D eigenvalue weighted by Gasteiger charge is -2.07. The molecule has 24 heavy (non-hydrogen) atoms. The number of Topliss-reactive ketones (excluding diaryl/α,β-unsaturated/α-hetero) is 1. The van der Waals surface area contributed by atoms with Crippen LogP contribution < -0.4 is 14.8 Å². The molecule has 0 saturated carbocycles. The van der Waals surface area contributed by atoms with Crippen LogP contribution in [0.2, 0.25) is 0 Å². The van der Waals surface area contributed by atoms with Crippen LogP contribution in [0.4, 0.5) is 0 Å². The zero-order chi connectivity index (χ0) is 16.7. The number of carbonyl (C=O) groups is 2. The third-order valence-corrected chi connectivity index (χ3v) is 4.40. The summed E-state index contributed by atoms with van der Waals surface area (Å²) in [4.78, 5) is 24.4. The molecule has 0 fully saturated rings. The molecule has 4 rings (SSSR count). The fourth-order valence-electron chi connectivity index (χ4n) is 3.18.